The van der Waals surface area contributed by atoms with Crippen LogP contribution in [0.15, 0.2) is 42.9 Å². The quantitative estimate of drug-likeness (QED) is 0.425. The molecule has 11 heteroatoms. The second-order valence-electron chi connectivity index (χ2n) is 7.69. The number of β-amino-alcohol motifs (C(OH)–C–C–N with tert-alkyl or cyclic N) is 1. The van der Waals surface area contributed by atoms with Gasteiger partial charge in [0.2, 0.25) is 5.95 Å². The van der Waals surface area contributed by atoms with Gasteiger partial charge in [-0.25, -0.2) is 9.37 Å². The van der Waals surface area contributed by atoms with E-state index in [9.17, 15) is 14.8 Å². The summed E-state index contributed by atoms with van der Waals surface area (Å²) in [6.07, 6.45) is 4.60. The summed E-state index contributed by atoms with van der Waals surface area (Å²) < 4.78 is 23.3. The zero-order chi connectivity index (χ0) is 22.9. The molecule has 5 rings (SSSR count). The highest BCUT2D eigenvalue weighted by molar-refractivity contribution is 5.87. The topological polar surface area (TPSA) is 126 Å². The number of halogens is 1. The first kappa shape index (κ1) is 20.9. The van der Waals surface area contributed by atoms with Gasteiger partial charge in [0.25, 0.3) is 5.88 Å². The number of fused-ring (bicyclic) bond motifs is 1. The van der Waals surface area contributed by atoms with Gasteiger partial charge in [0.05, 0.1) is 48.8 Å². The number of hydrogen-bond donors (Lipinski definition) is 3. The molecule has 0 radical (unpaired) electrons. The lowest BCUT2D eigenvalue weighted by Gasteiger charge is -2.28. The predicted molar refractivity (Wildman–Crippen MR) is 118 cm³/mol. The summed E-state index contributed by atoms with van der Waals surface area (Å²) in [6, 6.07) is 8.94. The van der Waals surface area contributed by atoms with Gasteiger partial charge in [-0.1, -0.05) is 6.07 Å². The number of piperidine rings is 1. The molecular weight excluding hydrogens is 427 g/mol. The average molecular weight is 448 g/mol. The smallest absolute Gasteiger partial charge is 0.256 e. The first-order chi connectivity index (χ1) is 16.1. The van der Waals surface area contributed by atoms with Crippen molar-refractivity contribution in [3.8, 4) is 17.8 Å². The van der Waals surface area contributed by atoms with Gasteiger partial charge in [0.15, 0.2) is 11.6 Å². The molecule has 1 aliphatic heterocycles. The van der Waals surface area contributed by atoms with Crippen LogP contribution in [0.4, 0.5) is 16.0 Å². The Bertz CT molecular complexity index is 1360. The van der Waals surface area contributed by atoms with Crippen LogP contribution >= 0.6 is 0 Å². The summed E-state index contributed by atoms with van der Waals surface area (Å²) in [4.78, 5) is 8.41. The lowest BCUT2D eigenvalue weighted by molar-refractivity contribution is 0.0804. The molecule has 1 unspecified atom stereocenters. The maximum atomic E-state index is 14.7. The molecule has 1 aromatic carbocycles. The summed E-state index contributed by atoms with van der Waals surface area (Å²) in [5.74, 6) is -0.118. The second kappa shape index (κ2) is 8.50. The highest BCUT2D eigenvalue weighted by Gasteiger charge is 2.27. The van der Waals surface area contributed by atoms with Crippen LogP contribution < -0.4 is 15.4 Å². The van der Waals surface area contributed by atoms with E-state index in [1.165, 1.54) is 7.11 Å². The Kier molecular flexibility index (Phi) is 5.37. The Morgan fingerprint density at radius 1 is 1.36 bits per heavy atom. The molecule has 10 nitrogen and oxygen atoms in total. The number of benzene rings is 1. The van der Waals surface area contributed by atoms with E-state index in [1.54, 1.807) is 45.9 Å². The third-order valence-electron chi connectivity index (χ3n) is 5.70. The van der Waals surface area contributed by atoms with Crippen LogP contribution in [0.2, 0.25) is 0 Å². The van der Waals surface area contributed by atoms with E-state index in [0.717, 1.165) is 12.7 Å². The Morgan fingerprint density at radius 3 is 3.03 bits per heavy atom. The first-order valence-corrected chi connectivity index (χ1v) is 10.4. The van der Waals surface area contributed by atoms with Gasteiger partial charge in [-0.15, -0.1) is 5.10 Å². The summed E-state index contributed by atoms with van der Waals surface area (Å²) in [5.41, 5.74) is 1.64. The fourth-order valence-corrected chi connectivity index (χ4v) is 4.08. The van der Waals surface area contributed by atoms with E-state index >= 15 is 0 Å². The molecule has 4 heterocycles. The molecule has 1 saturated heterocycles. The minimum Gasteiger partial charge on any atom is -0.478 e. The fourth-order valence-electron chi connectivity index (χ4n) is 4.08. The summed E-state index contributed by atoms with van der Waals surface area (Å²) in [6.45, 7) is 1.26. The van der Waals surface area contributed by atoms with Crippen LogP contribution in [-0.2, 0) is 0 Å². The highest BCUT2D eigenvalue weighted by atomic mass is 19.1. The van der Waals surface area contributed by atoms with E-state index in [2.05, 4.69) is 31.8 Å². The molecule has 0 aliphatic carbocycles. The van der Waals surface area contributed by atoms with Crippen molar-refractivity contribution in [1.29, 1.82) is 5.26 Å². The molecule has 0 bridgehead atoms. The lowest BCUT2D eigenvalue weighted by Crippen LogP contribution is -2.41. The predicted octanol–water partition coefficient (Wildman–Crippen LogP) is 2.28. The number of rotatable bonds is 5. The number of nitrogens with one attached hydrogen (secondary N) is 2. The van der Waals surface area contributed by atoms with Gasteiger partial charge < -0.3 is 20.5 Å². The molecule has 0 spiro atoms. The van der Waals surface area contributed by atoms with Gasteiger partial charge in [0.1, 0.15) is 5.69 Å². The van der Waals surface area contributed by atoms with Crippen LogP contribution in [0.5, 0.6) is 5.88 Å². The molecule has 3 N–H and O–H groups in total. The number of hydrogen-bond acceptors (Lipinski definition) is 8. The number of methoxy groups -OCH3 is 1. The standard InChI is InChI=1S/C22H21FN8O2/c1-33-21-16(12-31(29-21)18-5-7-25-11-19(18)32)27-22-26-10-15(23)20(28-22)30-8-6-14-13(9-24)3-2-4-17(14)30/h2-4,6,8,10,12,18-19,25,32H,5,7,11H2,1H3,(H,26,27,28)/t18-,19?/m1/s1. The maximum Gasteiger partial charge on any atom is 0.256 e. The zero-order valence-electron chi connectivity index (χ0n) is 17.7. The van der Waals surface area contributed by atoms with Gasteiger partial charge >= 0.3 is 0 Å². The second-order valence-corrected chi connectivity index (χ2v) is 7.69. The van der Waals surface area contributed by atoms with E-state index in [4.69, 9.17) is 4.74 Å². The van der Waals surface area contributed by atoms with Crippen molar-refractivity contribution in [3.63, 3.8) is 0 Å². The number of nitrogens with zero attached hydrogens (tertiary/aromatic N) is 6. The van der Waals surface area contributed by atoms with Crippen molar-refractivity contribution in [2.45, 2.75) is 18.6 Å². The van der Waals surface area contributed by atoms with Crippen molar-refractivity contribution in [1.82, 2.24) is 29.6 Å². The van der Waals surface area contributed by atoms with E-state index < -0.39 is 11.9 Å². The van der Waals surface area contributed by atoms with Crippen LogP contribution in [0.3, 0.4) is 0 Å². The molecule has 0 saturated carbocycles. The minimum atomic E-state index is -0.610. The molecule has 168 valence electrons. The summed E-state index contributed by atoms with van der Waals surface area (Å²) in [5, 5.41) is 31.0. The van der Waals surface area contributed by atoms with Crippen molar-refractivity contribution in [2.75, 3.05) is 25.5 Å². The average Bonchev–Trinajstić information content (AvgIpc) is 3.44. The molecule has 1 fully saturated rings. The molecule has 4 aromatic rings. The molecule has 33 heavy (non-hydrogen) atoms. The summed E-state index contributed by atoms with van der Waals surface area (Å²) in [7, 11) is 1.49. The van der Waals surface area contributed by atoms with Gasteiger partial charge in [0, 0.05) is 18.1 Å². The van der Waals surface area contributed by atoms with Crippen molar-refractivity contribution in [2.24, 2.45) is 0 Å². The van der Waals surface area contributed by atoms with Crippen LogP contribution in [0, 0.1) is 17.1 Å². The maximum absolute atomic E-state index is 14.7. The number of ether oxygens (including phenoxy) is 1. The minimum absolute atomic E-state index is 0.0396. The number of aliphatic hydroxyl groups excluding tert-OH is 1. The largest absolute Gasteiger partial charge is 0.478 e. The Balaban J connectivity index is 1.49. The summed E-state index contributed by atoms with van der Waals surface area (Å²) >= 11 is 0. The molecule has 2 atom stereocenters. The van der Waals surface area contributed by atoms with Gasteiger partial charge in [-0.05, 0) is 31.2 Å². The number of aliphatic hydroxyl groups is 1. The van der Waals surface area contributed by atoms with Crippen molar-refractivity contribution >= 4 is 22.5 Å². The molecule has 0 amide bonds. The van der Waals surface area contributed by atoms with E-state index in [-0.39, 0.29) is 17.8 Å². The van der Waals surface area contributed by atoms with E-state index in [0.29, 0.717) is 41.0 Å². The van der Waals surface area contributed by atoms with Gasteiger partial charge in [-0.2, -0.15) is 10.2 Å². The molecular formula is C22H21FN8O2. The first-order valence-electron chi connectivity index (χ1n) is 10.4. The fraction of sp³-hybridized carbons (Fsp3) is 0.273. The Labute approximate surface area is 188 Å². The van der Waals surface area contributed by atoms with E-state index in [1.807, 2.05) is 0 Å². The number of nitriles is 1. The monoisotopic (exact) mass is 448 g/mol. The third kappa shape index (κ3) is 3.75. The van der Waals surface area contributed by atoms with Crippen molar-refractivity contribution in [3.05, 3.63) is 54.2 Å². The lowest BCUT2D eigenvalue weighted by atomic mass is 10.0. The van der Waals surface area contributed by atoms with Gasteiger partial charge in [-0.3, -0.25) is 9.25 Å². The highest BCUT2D eigenvalue weighted by Crippen LogP contribution is 2.30. The SMILES string of the molecule is COc1nn([C@@H]2CCNCC2O)cc1Nc1ncc(F)c(-n2ccc3c(C#N)cccc32)n1. The van der Waals surface area contributed by atoms with Crippen LogP contribution in [0.1, 0.15) is 18.0 Å². The van der Waals surface area contributed by atoms with Crippen molar-refractivity contribution < 1.29 is 14.2 Å². The molecule has 3 aromatic heterocycles. The number of anilines is 2. The zero-order valence-corrected chi connectivity index (χ0v) is 17.7. The third-order valence-corrected chi connectivity index (χ3v) is 5.70. The Morgan fingerprint density at radius 2 is 2.24 bits per heavy atom. The normalized spacial score (nSPS) is 18.2. The number of aromatic nitrogens is 5. The Hall–Kier alpha value is -4.01. The van der Waals surface area contributed by atoms with Crippen LogP contribution in [0.25, 0.3) is 16.7 Å². The molecule has 1 aliphatic rings. The van der Waals surface area contributed by atoms with Crippen LogP contribution in [-0.4, -0.2) is 55.7 Å².